The average Bonchev–Trinajstić information content (AvgIpc) is 3.21. The Morgan fingerprint density at radius 1 is 1.38 bits per heavy atom. The third kappa shape index (κ3) is 3.43. The Hall–Kier alpha value is -3.56. The van der Waals surface area contributed by atoms with Crippen molar-refractivity contribution in [2.24, 2.45) is 5.10 Å². The smallest absolute Gasteiger partial charge is 0.312 e. The van der Waals surface area contributed by atoms with Crippen molar-refractivity contribution in [1.82, 2.24) is 24.7 Å². The number of methoxy groups -OCH3 is 1. The first kappa shape index (κ1) is 17.3. The fraction of sp³-hybridized carbons (Fsp3) is 0.250. The van der Waals surface area contributed by atoms with E-state index in [9.17, 15) is 10.1 Å². The lowest BCUT2D eigenvalue weighted by Crippen LogP contribution is -2.06. The van der Waals surface area contributed by atoms with Gasteiger partial charge < -0.3 is 4.74 Å². The van der Waals surface area contributed by atoms with Crippen LogP contribution in [0, 0.1) is 24.0 Å². The zero-order valence-corrected chi connectivity index (χ0v) is 14.5. The van der Waals surface area contributed by atoms with Gasteiger partial charge in [0.05, 0.1) is 24.8 Å². The van der Waals surface area contributed by atoms with Crippen LogP contribution in [0.2, 0.25) is 0 Å². The van der Waals surface area contributed by atoms with Crippen LogP contribution in [0.25, 0.3) is 0 Å². The molecule has 0 bridgehead atoms. The Kier molecular flexibility index (Phi) is 4.74. The molecule has 0 saturated carbocycles. The molecule has 0 unspecified atom stereocenters. The lowest BCUT2D eigenvalue weighted by Gasteiger charge is -2.10. The van der Waals surface area contributed by atoms with E-state index >= 15 is 0 Å². The summed E-state index contributed by atoms with van der Waals surface area (Å²) in [6.45, 7) is 3.65. The molecule has 2 heterocycles. The van der Waals surface area contributed by atoms with Crippen LogP contribution >= 0.6 is 0 Å². The maximum absolute atomic E-state index is 11.2. The summed E-state index contributed by atoms with van der Waals surface area (Å²) in [6, 6.07) is 5.56. The Morgan fingerprint density at radius 3 is 2.81 bits per heavy atom. The van der Waals surface area contributed by atoms with Crippen molar-refractivity contribution in [3.8, 4) is 5.75 Å². The number of nitrogens with zero attached hydrogens (tertiary/aromatic N) is 7. The second-order valence-electron chi connectivity index (χ2n) is 5.57. The molecule has 0 radical (unpaired) electrons. The number of nitro groups is 1. The number of benzene rings is 1. The standard InChI is InChI=1S/C16H17N7O3/c1-11-16(23(24)25)12(2)21(20-11)8-14-6-13(4-5-15(14)26-3)7-18-22-10-17-9-19-22/h4-7,9-10H,8H2,1-3H3. The highest BCUT2D eigenvalue weighted by atomic mass is 16.6. The number of ether oxygens (including phenoxy) is 1. The summed E-state index contributed by atoms with van der Waals surface area (Å²) < 4.78 is 7.00. The van der Waals surface area contributed by atoms with Gasteiger partial charge in [0.25, 0.3) is 0 Å². The summed E-state index contributed by atoms with van der Waals surface area (Å²) in [5.74, 6) is 0.665. The zero-order chi connectivity index (χ0) is 18.7. The van der Waals surface area contributed by atoms with Gasteiger partial charge in [-0.1, -0.05) is 0 Å². The van der Waals surface area contributed by atoms with Gasteiger partial charge >= 0.3 is 5.69 Å². The third-order valence-electron chi connectivity index (χ3n) is 3.88. The fourth-order valence-electron chi connectivity index (χ4n) is 2.66. The summed E-state index contributed by atoms with van der Waals surface area (Å²) >= 11 is 0. The van der Waals surface area contributed by atoms with Crippen molar-refractivity contribution in [2.75, 3.05) is 7.11 Å². The van der Waals surface area contributed by atoms with Gasteiger partial charge in [0.1, 0.15) is 29.8 Å². The van der Waals surface area contributed by atoms with E-state index in [0.717, 1.165) is 11.1 Å². The van der Waals surface area contributed by atoms with Crippen LogP contribution in [-0.2, 0) is 6.54 Å². The van der Waals surface area contributed by atoms with E-state index in [2.05, 4.69) is 20.3 Å². The molecular formula is C16H17N7O3. The highest BCUT2D eigenvalue weighted by molar-refractivity contribution is 5.80. The van der Waals surface area contributed by atoms with Crippen molar-refractivity contribution in [3.63, 3.8) is 0 Å². The van der Waals surface area contributed by atoms with Crippen LogP contribution in [0.15, 0.2) is 36.0 Å². The Labute approximate surface area is 148 Å². The molecule has 134 valence electrons. The van der Waals surface area contributed by atoms with Gasteiger partial charge in [-0.05, 0) is 37.6 Å². The van der Waals surface area contributed by atoms with E-state index in [4.69, 9.17) is 4.74 Å². The second-order valence-corrected chi connectivity index (χ2v) is 5.57. The van der Waals surface area contributed by atoms with Gasteiger partial charge in [-0.2, -0.15) is 10.2 Å². The minimum Gasteiger partial charge on any atom is -0.496 e. The van der Waals surface area contributed by atoms with Crippen LogP contribution in [0.3, 0.4) is 0 Å². The van der Waals surface area contributed by atoms with E-state index in [1.54, 1.807) is 31.9 Å². The van der Waals surface area contributed by atoms with Gasteiger partial charge in [-0.3, -0.25) is 14.8 Å². The predicted octanol–water partition coefficient (Wildman–Crippen LogP) is 1.94. The molecular weight excluding hydrogens is 338 g/mol. The number of hydrogen-bond donors (Lipinski definition) is 0. The molecule has 1 aromatic carbocycles. The Balaban J connectivity index is 1.93. The molecule has 0 fully saturated rings. The summed E-state index contributed by atoms with van der Waals surface area (Å²) in [5, 5.41) is 23.5. The number of aromatic nitrogens is 5. The molecule has 26 heavy (non-hydrogen) atoms. The predicted molar refractivity (Wildman–Crippen MR) is 93.5 cm³/mol. The first-order valence-corrected chi connectivity index (χ1v) is 7.74. The van der Waals surface area contributed by atoms with E-state index in [1.807, 2.05) is 18.2 Å². The van der Waals surface area contributed by atoms with Crippen molar-refractivity contribution >= 4 is 11.9 Å². The largest absolute Gasteiger partial charge is 0.496 e. The van der Waals surface area contributed by atoms with Gasteiger partial charge in [0, 0.05) is 5.56 Å². The van der Waals surface area contributed by atoms with Crippen LogP contribution in [0.5, 0.6) is 5.75 Å². The lowest BCUT2D eigenvalue weighted by atomic mass is 10.1. The van der Waals surface area contributed by atoms with Crippen molar-refractivity contribution in [2.45, 2.75) is 20.4 Å². The average molecular weight is 355 g/mol. The monoisotopic (exact) mass is 355 g/mol. The number of aryl methyl sites for hydroxylation is 1. The van der Waals surface area contributed by atoms with E-state index in [-0.39, 0.29) is 5.69 Å². The van der Waals surface area contributed by atoms with Gasteiger partial charge in [-0.15, -0.1) is 9.89 Å². The topological polar surface area (TPSA) is 113 Å². The van der Waals surface area contributed by atoms with Crippen LogP contribution in [-0.4, -0.2) is 42.9 Å². The fourth-order valence-corrected chi connectivity index (χ4v) is 2.66. The summed E-state index contributed by atoms with van der Waals surface area (Å²) in [4.78, 5) is 15.9. The Morgan fingerprint density at radius 2 is 2.19 bits per heavy atom. The zero-order valence-electron chi connectivity index (χ0n) is 14.5. The molecule has 0 aliphatic carbocycles. The minimum absolute atomic E-state index is 0.0351. The molecule has 0 aliphatic heterocycles. The highest BCUT2D eigenvalue weighted by Gasteiger charge is 2.22. The third-order valence-corrected chi connectivity index (χ3v) is 3.88. The quantitative estimate of drug-likeness (QED) is 0.379. The van der Waals surface area contributed by atoms with Gasteiger partial charge in [0.2, 0.25) is 0 Å². The molecule has 0 amide bonds. The van der Waals surface area contributed by atoms with Crippen LogP contribution in [0.4, 0.5) is 5.69 Å². The SMILES string of the molecule is COc1ccc(C=Nn2cncn2)cc1Cn1nc(C)c([N+](=O)[O-])c1C. The molecule has 0 saturated heterocycles. The van der Waals surface area contributed by atoms with Crippen molar-refractivity contribution in [3.05, 3.63) is 63.5 Å². The Bertz CT molecular complexity index is 961. The van der Waals surface area contributed by atoms with Gasteiger partial charge in [-0.25, -0.2) is 4.98 Å². The lowest BCUT2D eigenvalue weighted by molar-refractivity contribution is -0.386. The number of hydrogen-bond acceptors (Lipinski definition) is 7. The van der Waals surface area contributed by atoms with E-state index < -0.39 is 4.92 Å². The van der Waals surface area contributed by atoms with Crippen LogP contribution in [0.1, 0.15) is 22.5 Å². The van der Waals surface area contributed by atoms with Crippen molar-refractivity contribution in [1.29, 1.82) is 0 Å². The molecule has 10 nitrogen and oxygen atoms in total. The molecule has 0 atom stereocenters. The maximum Gasteiger partial charge on any atom is 0.312 e. The molecule has 10 heteroatoms. The van der Waals surface area contributed by atoms with E-state index in [1.165, 1.54) is 17.4 Å². The van der Waals surface area contributed by atoms with Crippen molar-refractivity contribution < 1.29 is 9.66 Å². The molecule has 2 aromatic heterocycles. The normalized spacial score (nSPS) is 11.2. The number of rotatable bonds is 6. The van der Waals surface area contributed by atoms with E-state index in [0.29, 0.717) is 23.7 Å². The second kappa shape index (κ2) is 7.13. The molecule has 3 rings (SSSR count). The summed E-state index contributed by atoms with van der Waals surface area (Å²) in [5.41, 5.74) is 2.57. The maximum atomic E-state index is 11.2. The molecule has 0 aliphatic rings. The first-order valence-electron chi connectivity index (χ1n) is 7.74. The molecule has 0 spiro atoms. The summed E-state index contributed by atoms with van der Waals surface area (Å²) in [7, 11) is 1.58. The highest BCUT2D eigenvalue weighted by Crippen LogP contribution is 2.25. The molecule has 3 aromatic rings. The van der Waals surface area contributed by atoms with Crippen LogP contribution < -0.4 is 4.74 Å². The first-order chi connectivity index (χ1) is 12.5. The van der Waals surface area contributed by atoms with Gasteiger partial charge in [0.15, 0.2) is 0 Å². The minimum atomic E-state index is -0.410. The molecule has 0 N–H and O–H groups in total. The summed E-state index contributed by atoms with van der Waals surface area (Å²) in [6.07, 6.45) is 4.52.